The molecule has 0 atom stereocenters. The third-order valence-corrected chi connectivity index (χ3v) is 4.82. The van der Waals surface area contributed by atoms with E-state index in [2.05, 4.69) is 10.1 Å². The van der Waals surface area contributed by atoms with E-state index in [0.29, 0.717) is 33.8 Å². The summed E-state index contributed by atoms with van der Waals surface area (Å²) in [6.07, 6.45) is 2.41. The number of anilines is 1. The molecule has 118 valence electrons. The molecule has 0 unspecified atom stereocenters. The lowest BCUT2D eigenvalue weighted by Crippen LogP contribution is -2.37. The average molecular weight is 349 g/mol. The van der Waals surface area contributed by atoms with Crippen LogP contribution in [0.3, 0.4) is 0 Å². The van der Waals surface area contributed by atoms with Crippen molar-refractivity contribution in [2.24, 2.45) is 0 Å². The molecular weight excluding hydrogens is 336 g/mol. The molecule has 1 aliphatic rings. The predicted molar refractivity (Wildman–Crippen MR) is 88.1 cm³/mol. The molecule has 23 heavy (non-hydrogen) atoms. The van der Waals surface area contributed by atoms with E-state index in [4.69, 9.17) is 16.0 Å². The summed E-state index contributed by atoms with van der Waals surface area (Å²) in [6.45, 7) is 3.25. The van der Waals surface area contributed by atoms with Crippen LogP contribution in [-0.2, 0) is 6.54 Å². The Labute approximate surface area is 141 Å². The van der Waals surface area contributed by atoms with Gasteiger partial charge < -0.3 is 4.42 Å². The standard InChI is InChI=1S/C15H13ClN4O2S/c1-9-3-4-12(22-9)13-18-11(8-23-13)15(21)19-5-2-6-20-14(19)10(16)7-17-20/h3-4,7-8H,2,5-6H2,1H3. The molecule has 0 spiro atoms. The summed E-state index contributed by atoms with van der Waals surface area (Å²) in [5.41, 5.74) is 0.393. The van der Waals surface area contributed by atoms with Crippen LogP contribution in [0.2, 0.25) is 5.02 Å². The Morgan fingerprint density at radius 3 is 3.04 bits per heavy atom. The van der Waals surface area contributed by atoms with E-state index < -0.39 is 0 Å². The SMILES string of the molecule is Cc1ccc(-c2nc(C(=O)N3CCCn4ncc(Cl)c43)cs2)o1. The van der Waals surface area contributed by atoms with Crippen LogP contribution in [0.4, 0.5) is 5.82 Å². The molecule has 3 aromatic rings. The van der Waals surface area contributed by atoms with Crippen molar-refractivity contribution < 1.29 is 9.21 Å². The molecule has 4 heterocycles. The van der Waals surface area contributed by atoms with Gasteiger partial charge in [0.2, 0.25) is 0 Å². The summed E-state index contributed by atoms with van der Waals surface area (Å²) in [5, 5.41) is 7.12. The van der Waals surface area contributed by atoms with Gasteiger partial charge in [0.25, 0.3) is 5.91 Å². The fraction of sp³-hybridized carbons (Fsp3) is 0.267. The highest BCUT2D eigenvalue weighted by molar-refractivity contribution is 7.13. The van der Waals surface area contributed by atoms with Crippen LogP contribution in [-0.4, -0.2) is 27.2 Å². The van der Waals surface area contributed by atoms with Crippen LogP contribution >= 0.6 is 22.9 Å². The molecule has 6 nitrogen and oxygen atoms in total. The van der Waals surface area contributed by atoms with Gasteiger partial charge in [-0.1, -0.05) is 11.6 Å². The van der Waals surface area contributed by atoms with Gasteiger partial charge in [-0.3, -0.25) is 9.69 Å². The summed E-state index contributed by atoms with van der Waals surface area (Å²) in [7, 11) is 0. The number of hydrogen-bond donors (Lipinski definition) is 0. The van der Waals surface area contributed by atoms with Gasteiger partial charge >= 0.3 is 0 Å². The van der Waals surface area contributed by atoms with Crippen LogP contribution in [0.5, 0.6) is 0 Å². The van der Waals surface area contributed by atoms with Crippen LogP contribution in [0.15, 0.2) is 28.1 Å². The number of rotatable bonds is 2. The zero-order valence-electron chi connectivity index (χ0n) is 12.3. The van der Waals surface area contributed by atoms with E-state index in [9.17, 15) is 4.79 Å². The van der Waals surface area contributed by atoms with Gasteiger partial charge in [0.15, 0.2) is 16.6 Å². The largest absolute Gasteiger partial charge is 0.459 e. The highest BCUT2D eigenvalue weighted by Crippen LogP contribution is 2.31. The molecule has 0 radical (unpaired) electrons. The molecule has 0 saturated heterocycles. The van der Waals surface area contributed by atoms with E-state index in [-0.39, 0.29) is 5.91 Å². The van der Waals surface area contributed by atoms with Gasteiger partial charge in [0, 0.05) is 18.5 Å². The first-order valence-corrected chi connectivity index (χ1v) is 8.45. The van der Waals surface area contributed by atoms with E-state index in [0.717, 1.165) is 18.7 Å². The average Bonchev–Trinajstić information content (AvgIpc) is 3.26. The fourth-order valence-corrected chi connectivity index (χ4v) is 3.64. The van der Waals surface area contributed by atoms with Crippen molar-refractivity contribution in [1.29, 1.82) is 0 Å². The quantitative estimate of drug-likeness (QED) is 0.709. The zero-order chi connectivity index (χ0) is 16.0. The number of carbonyl (C=O) groups excluding carboxylic acids is 1. The molecule has 3 aromatic heterocycles. The Hall–Kier alpha value is -2.12. The minimum atomic E-state index is -0.167. The molecule has 8 heteroatoms. The van der Waals surface area contributed by atoms with E-state index in [1.165, 1.54) is 11.3 Å². The van der Waals surface area contributed by atoms with Crippen molar-refractivity contribution in [1.82, 2.24) is 14.8 Å². The predicted octanol–water partition coefficient (Wildman–Crippen LogP) is 3.61. The lowest BCUT2D eigenvalue weighted by Gasteiger charge is -2.27. The number of halogens is 1. The van der Waals surface area contributed by atoms with Gasteiger partial charge in [0.05, 0.1) is 6.20 Å². The van der Waals surface area contributed by atoms with Crippen molar-refractivity contribution in [3.63, 3.8) is 0 Å². The summed E-state index contributed by atoms with van der Waals surface area (Å²) < 4.78 is 7.32. The maximum absolute atomic E-state index is 12.8. The van der Waals surface area contributed by atoms with E-state index >= 15 is 0 Å². The molecular formula is C15H13ClN4O2S. The van der Waals surface area contributed by atoms with Gasteiger partial charge in [-0.25, -0.2) is 9.67 Å². The Balaban J connectivity index is 1.66. The van der Waals surface area contributed by atoms with Crippen LogP contribution < -0.4 is 4.90 Å². The first-order chi connectivity index (χ1) is 11.1. The molecule has 1 aliphatic heterocycles. The maximum atomic E-state index is 12.8. The van der Waals surface area contributed by atoms with Crippen molar-refractivity contribution in [2.45, 2.75) is 19.9 Å². The smallest absolute Gasteiger partial charge is 0.278 e. The number of amides is 1. The Morgan fingerprint density at radius 1 is 1.39 bits per heavy atom. The second-order valence-corrected chi connectivity index (χ2v) is 6.56. The van der Waals surface area contributed by atoms with Crippen LogP contribution in [0, 0.1) is 6.92 Å². The molecule has 0 aromatic carbocycles. The lowest BCUT2D eigenvalue weighted by molar-refractivity contribution is 0.0977. The number of aryl methyl sites for hydroxylation is 2. The highest BCUT2D eigenvalue weighted by Gasteiger charge is 2.28. The number of fused-ring (bicyclic) bond motifs is 1. The van der Waals surface area contributed by atoms with Gasteiger partial charge in [-0.05, 0) is 25.5 Å². The second kappa shape index (κ2) is 5.50. The summed E-state index contributed by atoms with van der Waals surface area (Å²) in [4.78, 5) is 18.9. The molecule has 0 N–H and O–H groups in total. The molecule has 0 fully saturated rings. The topological polar surface area (TPSA) is 64.2 Å². The van der Waals surface area contributed by atoms with Crippen molar-refractivity contribution in [3.8, 4) is 10.8 Å². The number of thiazole rings is 1. The molecule has 0 saturated carbocycles. The van der Waals surface area contributed by atoms with Gasteiger partial charge in [0.1, 0.15) is 16.5 Å². The number of hydrogen-bond acceptors (Lipinski definition) is 5. The zero-order valence-corrected chi connectivity index (χ0v) is 13.9. The van der Waals surface area contributed by atoms with Crippen molar-refractivity contribution >= 4 is 34.7 Å². The molecule has 0 aliphatic carbocycles. The number of aromatic nitrogens is 3. The van der Waals surface area contributed by atoms with E-state index in [1.54, 1.807) is 21.2 Å². The minimum absolute atomic E-state index is 0.167. The summed E-state index contributed by atoms with van der Waals surface area (Å²) >= 11 is 7.57. The van der Waals surface area contributed by atoms with Crippen LogP contribution in [0.25, 0.3) is 10.8 Å². The van der Waals surface area contributed by atoms with Gasteiger partial charge in [-0.15, -0.1) is 11.3 Å². The Kier molecular flexibility index (Phi) is 3.46. The first kappa shape index (κ1) is 14.5. The summed E-state index contributed by atoms with van der Waals surface area (Å²) in [6, 6.07) is 3.73. The van der Waals surface area contributed by atoms with Crippen molar-refractivity contribution in [2.75, 3.05) is 11.4 Å². The Bertz CT molecular complexity index is 882. The fourth-order valence-electron chi connectivity index (χ4n) is 2.64. The van der Waals surface area contributed by atoms with Gasteiger partial charge in [-0.2, -0.15) is 5.10 Å². The highest BCUT2D eigenvalue weighted by atomic mass is 35.5. The third-order valence-electron chi connectivity index (χ3n) is 3.70. The third kappa shape index (κ3) is 2.46. The molecule has 4 rings (SSSR count). The monoisotopic (exact) mass is 348 g/mol. The molecule has 0 bridgehead atoms. The number of carbonyl (C=O) groups is 1. The number of nitrogens with zero attached hydrogens (tertiary/aromatic N) is 4. The first-order valence-electron chi connectivity index (χ1n) is 7.19. The normalized spacial score (nSPS) is 14.1. The number of furan rings is 1. The molecule has 1 amide bonds. The summed E-state index contributed by atoms with van der Waals surface area (Å²) in [5.74, 6) is 1.97. The Morgan fingerprint density at radius 2 is 2.26 bits per heavy atom. The second-order valence-electron chi connectivity index (χ2n) is 5.30. The van der Waals surface area contributed by atoms with Crippen LogP contribution in [0.1, 0.15) is 22.7 Å². The lowest BCUT2D eigenvalue weighted by atomic mass is 10.3. The van der Waals surface area contributed by atoms with Crippen molar-refractivity contribution in [3.05, 3.63) is 40.2 Å². The maximum Gasteiger partial charge on any atom is 0.278 e. The van der Waals surface area contributed by atoms with E-state index in [1.807, 2.05) is 19.1 Å². The minimum Gasteiger partial charge on any atom is -0.459 e.